The minimum Gasteiger partial charge on any atom is -0.238 e. The summed E-state index contributed by atoms with van der Waals surface area (Å²) in [6, 6.07) is 1.76. The molecule has 0 saturated carbocycles. The highest BCUT2D eigenvalue weighted by molar-refractivity contribution is 4.94. The van der Waals surface area contributed by atoms with Crippen molar-refractivity contribution in [1.29, 1.82) is 0 Å². The third-order valence-electron chi connectivity index (χ3n) is 5.08. The number of rotatable bonds is 0. The maximum Gasteiger partial charge on any atom is 0.0287 e. The second-order valence-corrected chi connectivity index (χ2v) is 6.02. The summed E-state index contributed by atoms with van der Waals surface area (Å²) in [7, 11) is 0. The Kier molecular flexibility index (Phi) is 3.21. The summed E-state index contributed by atoms with van der Waals surface area (Å²) < 4.78 is 0. The summed E-state index contributed by atoms with van der Waals surface area (Å²) in [6.07, 6.45) is 11.6. The molecule has 2 unspecified atom stereocenters. The molecule has 0 N–H and O–H groups in total. The molecule has 0 aromatic carbocycles. The van der Waals surface area contributed by atoms with Gasteiger partial charge in [-0.2, -0.15) is 0 Å². The van der Waals surface area contributed by atoms with Gasteiger partial charge in [0, 0.05) is 25.2 Å². The molecule has 0 bridgehead atoms. The minimum atomic E-state index is 0.880. The monoisotopic (exact) mass is 222 g/mol. The number of nitrogens with zero attached hydrogens (tertiary/aromatic N) is 2. The smallest absolute Gasteiger partial charge is 0.0287 e. The summed E-state index contributed by atoms with van der Waals surface area (Å²) in [6.45, 7) is 5.19. The van der Waals surface area contributed by atoms with Gasteiger partial charge in [0.05, 0.1) is 0 Å². The summed E-state index contributed by atoms with van der Waals surface area (Å²) in [5.41, 5.74) is 0. The Balaban J connectivity index is 1.81. The zero-order chi connectivity index (χ0) is 11.0. The molecule has 92 valence electrons. The lowest BCUT2D eigenvalue weighted by Crippen LogP contribution is -2.43. The van der Waals surface area contributed by atoms with Crippen molar-refractivity contribution in [3.63, 3.8) is 0 Å². The Morgan fingerprint density at radius 1 is 0.688 bits per heavy atom. The zero-order valence-electron chi connectivity index (χ0n) is 10.7. The van der Waals surface area contributed by atoms with Gasteiger partial charge in [-0.15, -0.1) is 0 Å². The topological polar surface area (TPSA) is 6.48 Å². The van der Waals surface area contributed by atoms with Crippen LogP contribution in [0.2, 0.25) is 0 Å². The molecule has 0 radical (unpaired) electrons. The maximum atomic E-state index is 2.77. The van der Waals surface area contributed by atoms with Crippen LogP contribution in [0.5, 0.6) is 0 Å². The Hall–Kier alpha value is -0.0800. The molecule has 2 heteroatoms. The summed E-state index contributed by atoms with van der Waals surface area (Å²) in [5, 5.41) is 5.54. The summed E-state index contributed by atoms with van der Waals surface area (Å²) in [5.74, 6) is 0.913. The molecular weight excluding hydrogens is 196 g/mol. The van der Waals surface area contributed by atoms with Crippen molar-refractivity contribution < 1.29 is 0 Å². The Labute approximate surface area is 100.0 Å². The van der Waals surface area contributed by atoms with Gasteiger partial charge in [0.1, 0.15) is 0 Å². The average Bonchev–Trinajstić information content (AvgIpc) is 2.60. The van der Waals surface area contributed by atoms with Gasteiger partial charge < -0.3 is 0 Å². The molecule has 0 aliphatic carbocycles. The van der Waals surface area contributed by atoms with Crippen LogP contribution < -0.4 is 0 Å². The van der Waals surface area contributed by atoms with E-state index in [-0.39, 0.29) is 0 Å². The Bertz CT molecular complexity index is 217. The van der Waals surface area contributed by atoms with Crippen molar-refractivity contribution >= 4 is 0 Å². The molecule has 0 spiro atoms. The van der Waals surface area contributed by atoms with Gasteiger partial charge >= 0.3 is 0 Å². The van der Waals surface area contributed by atoms with Crippen LogP contribution in [-0.2, 0) is 0 Å². The predicted molar refractivity (Wildman–Crippen MR) is 67.1 cm³/mol. The molecule has 0 amide bonds. The number of hydrogen-bond donors (Lipinski definition) is 0. The third kappa shape index (κ3) is 1.80. The first kappa shape index (κ1) is 11.0. The minimum absolute atomic E-state index is 0.880. The van der Waals surface area contributed by atoms with Crippen molar-refractivity contribution in [2.75, 3.05) is 13.1 Å². The van der Waals surface area contributed by atoms with Crippen LogP contribution in [0.4, 0.5) is 0 Å². The van der Waals surface area contributed by atoms with Crippen molar-refractivity contribution in [1.82, 2.24) is 10.0 Å². The van der Waals surface area contributed by atoms with Crippen LogP contribution >= 0.6 is 0 Å². The second-order valence-electron chi connectivity index (χ2n) is 6.02. The van der Waals surface area contributed by atoms with E-state index in [0.717, 1.165) is 18.0 Å². The van der Waals surface area contributed by atoms with E-state index in [0.29, 0.717) is 0 Å². The van der Waals surface area contributed by atoms with Gasteiger partial charge in [-0.25, -0.2) is 10.0 Å². The van der Waals surface area contributed by atoms with Gasteiger partial charge in [0.2, 0.25) is 0 Å². The number of fused-ring (bicyclic) bond motifs is 3. The molecule has 3 rings (SSSR count). The fraction of sp³-hybridized carbons (Fsp3) is 1.00. The summed E-state index contributed by atoms with van der Waals surface area (Å²) in [4.78, 5) is 0. The molecule has 3 saturated heterocycles. The standard InChI is InChI=1S/C14H26N2/c1-12-13-8-4-2-6-10-15(13)16-11-7-3-5-9-14(12)16/h12-14H,2-11H2,1H3. The third-order valence-corrected chi connectivity index (χ3v) is 5.08. The van der Waals surface area contributed by atoms with E-state index < -0.39 is 0 Å². The van der Waals surface area contributed by atoms with Crippen LogP contribution in [-0.4, -0.2) is 35.2 Å². The van der Waals surface area contributed by atoms with E-state index in [1.54, 1.807) is 0 Å². The normalized spacial score (nSPS) is 42.2. The van der Waals surface area contributed by atoms with Gasteiger partial charge in [0.25, 0.3) is 0 Å². The van der Waals surface area contributed by atoms with Crippen molar-refractivity contribution in [2.45, 2.75) is 70.4 Å². The first-order valence-electron chi connectivity index (χ1n) is 7.41. The fourth-order valence-corrected chi connectivity index (χ4v) is 4.20. The van der Waals surface area contributed by atoms with E-state index in [4.69, 9.17) is 0 Å². The molecule has 0 aromatic heterocycles. The Morgan fingerprint density at radius 2 is 1.19 bits per heavy atom. The average molecular weight is 222 g/mol. The van der Waals surface area contributed by atoms with Crippen LogP contribution in [0, 0.1) is 5.92 Å². The molecule has 3 fully saturated rings. The zero-order valence-corrected chi connectivity index (χ0v) is 10.7. The van der Waals surface area contributed by atoms with E-state index in [1.807, 2.05) is 0 Å². The quantitative estimate of drug-likeness (QED) is 0.621. The highest BCUT2D eigenvalue weighted by Crippen LogP contribution is 2.39. The van der Waals surface area contributed by atoms with Crippen molar-refractivity contribution in [2.24, 2.45) is 5.92 Å². The molecule has 16 heavy (non-hydrogen) atoms. The first-order chi connectivity index (χ1) is 7.88. The van der Waals surface area contributed by atoms with E-state index in [1.165, 1.54) is 64.5 Å². The fourth-order valence-electron chi connectivity index (χ4n) is 4.20. The van der Waals surface area contributed by atoms with Gasteiger partial charge in [-0.05, 0) is 31.6 Å². The lowest BCUT2D eigenvalue weighted by atomic mass is 9.90. The summed E-state index contributed by atoms with van der Waals surface area (Å²) >= 11 is 0. The molecule has 2 nitrogen and oxygen atoms in total. The molecule has 3 aliphatic rings. The van der Waals surface area contributed by atoms with Crippen LogP contribution in [0.15, 0.2) is 0 Å². The lowest BCUT2D eigenvalue weighted by Gasteiger charge is -2.32. The van der Waals surface area contributed by atoms with E-state index >= 15 is 0 Å². The van der Waals surface area contributed by atoms with Crippen molar-refractivity contribution in [3.05, 3.63) is 0 Å². The Morgan fingerprint density at radius 3 is 1.69 bits per heavy atom. The molecular formula is C14H26N2. The highest BCUT2D eigenvalue weighted by atomic mass is 15.7. The molecule has 0 aromatic rings. The van der Waals surface area contributed by atoms with E-state index in [9.17, 15) is 0 Å². The van der Waals surface area contributed by atoms with Crippen molar-refractivity contribution in [3.8, 4) is 0 Å². The molecule has 3 aliphatic heterocycles. The number of hydrazine groups is 1. The highest BCUT2D eigenvalue weighted by Gasteiger charge is 2.44. The predicted octanol–water partition coefficient (Wildman–Crippen LogP) is 3.04. The van der Waals surface area contributed by atoms with Gasteiger partial charge in [0.15, 0.2) is 0 Å². The van der Waals surface area contributed by atoms with Crippen LogP contribution in [0.1, 0.15) is 58.3 Å². The van der Waals surface area contributed by atoms with Crippen LogP contribution in [0.25, 0.3) is 0 Å². The van der Waals surface area contributed by atoms with Gasteiger partial charge in [-0.3, -0.25) is 0 Å². The molecule has 3 heterocycles. The maximum absolute atomic E-state index is 2.77. The van der Waals surface area contributed by atoms with E-state index in [2.05, 4.69) is 16.9 Å². The first-order valence-corrected chi connectivity index (χ1v) is 7.41. The van der Waals surface area contributed by atoms with Crippen LogP contribution in [0.3, 0.4) is 0 Å². The SMILES string of the molecule is CC1C2CCCCCN2N2CCCCCC12. The van der Waals surface area contributed by atoms with Gasteiger partial charge in [-0.1, -0.05) is 32.6 Å². The lowest BCUT2D eigenvalue weighted by molar-refractivity contribution is -0.0222. The number of hydrogen-bond acceptors (Lipinski definition) is 2. The second kappa shape index (κ2) is 4.66. The molecule has 2 atom stereocenters. The largest absolute Gasteiger partial charge is 0.238 e.